The Kier molecular flexibility index (Phi) is 3.81. The number of hydrogen-bond donors (Lipinski definition) is 2. The van der Waals surface area contributed by atoms with E-state index in [9.17, 15) is 4.79 Å². The average molecular weight is 267 g/mol. The Labute approximate surface area is 113 Å². The fourth-order valence-electron chi connectivity index (χ4n) is 2.52. The van der Waals surface area contributed by atoms with Gasteiger partial charge >= 0.3 is 0 Å². The number of amides is 1. The van der Waals surface area contributed by atoms with Crippen LogP contribution in [0, 0.1) is 0 Å². The van der Waals surface area contributed by atoms with Crippen molar-refractivity contribution in [2.75, 3.05) is 5.73 Å². The predicted molar refractivity (Wildman–Crippen MR) is 74.8 cm³/mol. The van der Waals surface area contributed by atoms with Crippen LogP contribution in [-0.2, 0) is 0 Å². The monoisotopic (exact) mass is 266 g/mol. The highest BCUT2D eigenvalue weighted by molar-refractivity contribution is 6.34. The molecule has 3 nitrogen and oxygen atoms in total. The number of halogens is 1. The van der Waals surface area contributed by atoms with E-state index in [-0.39, 0.29) is 11.4 Å². The standard InChI is InChI=1S/C14H19ClN2O/c1-14(7-3-2-4-8-14)17-13(18)11-9-10(16)5-6-12(11)15/h5-6,9H,2-4,7-8,16H2,1H3,(H,17,18). The van der Waals surface area contributed by atoms with Gasteiger partial charge in [-0.25, -0.2) is 0 Å². The van der Waals surface area contributed by atoms with E-state index >= 15 is 0 Å². The zero-order valence-electron chi connectivity index (χ0n) is 10.6. The number of carbonyl (C=O) groups excluding carboxylic acids is 1. The topological polar surface area (TPSA) is 55.1 Å². The molecule has 0 unspecified atom stereocenters. The highest BCUT2D eigenvalue weighted by Gasteiger charge is 2.29. The first kappa shape index (κ1) is 13.2. The maximum atomic E-state index is 12.2. The minimum absolute atomic E-state index is 0.108. The molecular formula is C14H19ClN2O. The lowest BCUT2D eigenvalue weighted by Gasteiger charge is -2.34. The van der Waals surface area contributed by atoms with Crippen LogP contribution in [0.3, 0.4) is 0 Å². The Morgan fingerprint density at radius 3 is 2.67 bits per heavy atom. The molecule has 1 amide bonds. The van der Waals surface area contributed by atoms with Gasteiger partial charge < -0.3 is 11.1 Å². The van der Waals surface area contributed by atoms with Gasteiger partial charge in [-0.3, -0.25) is 4.79 Å². The van der Waals surface area contributed by atoms with E-state index in [0.717, 1.165) is 12.8 Å². The molecule has 0 spiro atoms. The SMILES string of the molecule is CC1(NC(=O)c2cc(N)ccc2Cl)CCCCC1. The molecular weight excluding hydrogens is 248 g/mol. The normalized spacial score (nSPS) is 18.3. The molecule has 0 bridgehead atoms. The van der Waals surface area contributed by atoms with Crippen molar-refractivity contribution >= 4 is 23.2 Å². The first-order chi connectivity index (χ1) is 8.50. The van der Waals surface area contributed by atoms with Crippen molar-refractivity contribution in [2.45, 2.75) is 44.6 Å². The van der Waals surface area contributed by atoms with Crippen LogP contribution in [0.4, 0.5) is 5.69 Å². The Balaban J connectivity index is 2.14. The van der Waals surface area contributed by atoms with Crippen molar-refractivity contribution in [3.8, 4) is 0 Å². The van der Waals surface area contributed by atoms with Crippen LogP contribution >= 0.6 is 11.6 Å². The zero-order chi connectivity index (χ0) is 13.2. The molecule has 1 saturated carbocycles. The third-order valence-electron chi connectivity index (χ3n) is 3.61. The molecule has 4 heteroatoms. The largest absolute Gasteiger partial charge is 0.399 e. The van der Waals surface area contributed by atoms with E-state index in [4.69, 9.17) is 17.3 Å². The summed E-state index contributed by atoms with van der Waals surface area (Å²) in [6.45, 7) is 2.10. The van der Waals surface area contributed by atoms with Gasteiger partial charge in [0.25, 0.3) is 5.91 Å². The highest BCUT2D eigenvalue weighted by atomic mass is 35.5. The van der Waals surface area contributed by atoms with E-state index in [1.807, 2.05) is 0 Å². The van der Waals surface area contributed by atoms with Gasteiger partial charge in [-0.1, -0.05) is 30.9 Å². The number of anilines is 1. The number of nitrogen functional groups attached to an aromatic ring is 1. The third-order valence-corrected chi connectivity index (χ3v) is 3.94. The second kappa shape index (κ2) is 5.19. The summed E-state index contributed by atoms with van der Waals surface area (Å²) < 4.78 is 0. The summed E-state index contributed by atoms with van der Waals surface area (Å²) in [5.74, 6) is -0.128. The Morgan fingerprint density at radius 2 is 2.00 bits per heavy atom. The molecule has 98 valence electrons. The Morgan fingerprint density at radius 1 is 1.33 bits per heavy atom. The van der Waals surface area contributed by atoms with Crippen LogP contribution in [0.1, 0.15) is 49.4 Å². The first-order valence-electron chi connectivity index (χ1n) is 6.38. The minimum Gasteiger partial charge on any atom is -0.399 e. The van der Waals surface area contributed by atoms with Gasteiger partial charge in [0.05, 0.1) is 10.6 Å². The molecule has 0 aromatic heterocycles. The lowest BCUT2D eigenvalue weighted by Crippen LogP contribution is -2.47. The molecule has 1 aromatic rings. The number of benzene rings is 1. The third kappa shape index (κ3) is 2.96. The van der Waals surface area contributed by atoms with E-state index in [1.54, 1.807) is 18.2 Å². The summed E-state index contributed by atoms with van der Waals surface area (Å²) in [5.41, 5.74) is 6.60. The van der Waals surface area contributed by atoms with Crippen molar-refractivity contribution in [2.24, 2.45) is 0 Å². The van der Waals surface area contributed by atoms with Gasteiger partial charge in [-0.05, 0) is 38.0 Å². The maximum absolute atomic E-state index is 12.2. The Hall–Kier alpha value is -1.22. The van der Waals surface area contributed by atoms with Gasteiger partial charge in [0.2, 0.25) is 0 Å². The van der Waals surface area contributed by atoms with Crippen LogP contribution in [0.25, 0.3) is 0 Å². The van der Waals surface area contributed by atoms with Crippen molar-refractivity contribution in [3.05, 3.63) is 28.8 Å². The minimum atomic E-state index is -0.128. The van der Waals surface area contributed by atoms with Gasteiger partial charge in [0, 0.05) is 11.2 Å². The maximum Gasteiger partial charge on any atom is 0.253 e. The second-order valence-corrected chi connectivity index (χ2v) is 5.72. The van der Waals surface area contributed by atoms with Crippen LogP contribution in [0.2, 0.25) is 5.02 Å². The van der Waals surface area contributed by atoms with E-state index < -0.39 is 0 Å². The summed E-state index contributed by atoms with van der Waals surface area (Å²) in [5, 5.41) is 3.55. The zero-order valence-corrected chi connectivity index (χ0v) is 11.4. The summed E-state index contributed by atoms with van der Waals surface area (Å²) in [7, 11) is 0. The van der Waals surface area contributed by atoms with Crippen molar-refractivity contribution in [3.63, 3.8) is 0 Å². The summed E-state index contributed by atoms with van der Waals surface area (Å²) in [4.78, 5) is 12.2. The lowest BCUT2D eigenvalue weighted by atomic mass is 9.83. The second-order valence-electron chi connectivity index (χ2n) is 5.31. The number of nitrogens with one attached hydrogen (secondary N) is 1. The molecule has 0 atom stereocenters. The van der Waals surface area contributed by atoms with E-state index in [0.29, 0.717) is 16.3 Å². The Bertz CT molecular complexity index is 453. The average Bonchev–Trinajstić information content (AvgIpc) is 2.32. The van der Waals surface area contributed by atoms with Crippen molar-refractivity contribution in [1.82, 2.24) is 5.32 Å². The molecule has 1 fully saturated rings. The molecule has 1 aromatic carbocycles. The number of rotatable bonds is 2. The fourth-order valence-corrected chi connectivity index (χ4v) is 2.72. The summed E-state index contributed by atoms with van der Waals surface area (Å²) in [6.07, 6.45) is 5.64. The molecule has 1 aliphatic carbocycles. The summed E-state index contributed by atoms with van der Waals surface area (Å²) in [6, 6.07) is 4.99. The van der Waals surface area contributed by atoms with Crippen molar-refractivity contribution in [1.29, 1.82) is 0 Å². The smallest absolute Gasteiger partial charge is 0.253 e. The molecule has 2 rings (SSSR count). The lowest BCUT2D eigenvalue weighted by molar-refractivity contribution is 0.0883. The van der Waals surface area contributed by atoms with Gasteiger partial charge in [-0.15, -0.1) is 0 Å². The summed E-state index contributed by atoms with van der Waals surface area (Å²) >= 11 is 6.04. The molecule has 0 aliphatic heterocycles. The molecule has 3 N–H and O–H groups in total. The molecule has 0 saturated heterocycles. The highest BCUT2D eigenvalue weighted by Crippen LogP contribution is 2.28. The number of carbonyl (C=O) groups is 1. The first-order valence-corrected chi connectivity index (χ1v) is 6.75. The van der Waals surface area contributed by atoms with Crippen LogP contribution in [-0.4, -0.2) is 11.4 Å². The van der Waals surface area contributed by atoms with Gasteiger partial charge in [0.1, 0.15) is 0 Å². The molecule has 1 aliphatic rings. The van der Waals surface area contributed by atoms with Crippen LogP contribution < -0.4 is 11.1 Å². The van der Waals surface area contributed by atoms with E-state index in [1.165, 1.54) is 19.3 Å². The quantitative estimate of drug-likeness (QED) is 0.807. The molecule has 18 heavy (non-hydrogen) atoms. The van der Waals surface area contributed by atoms with Crippen molar-refractivity contribution < 1.29 is 4.79 Å². The van der Waals surface area contributed by atoms with E-state index in [2.05, 4.69) is 12.2 Å². The predicted octanol–water partition coefficient (Wildman–Crippen LogP) is 3.37. The molecule has 0 radical (unpaired) electrons. The number of hydrogen-bond acceptors (Lipinski definition) is 2. The van der Waals surface area contributed by atoms with Crippen LogP contribution in [0.15, 0.2) is 18.2 Å². The van der Waals surface area contributed by atoms with Crippen LogP contribution in [0.5, 0.6) is 0 Å². The fraction of sp³-hybridized carbons (Fsp3) is 0.500. The van der Waals surface area contributed by atoms with Gasteiger partial charge in [-0.2, -0.15) is 0 Å². The molecule has 0 heterocycles. The van der Waals surface area contributed by atoms with Gasteiger partial charge in [0.15, 0.2) is 0 Å². The number of nitrogens with two attached hydrogens (primary N) is 1.